The summed E-state index contributed by atoms with van der Waals surface area (Å²) in [6.07, 6.45) is -0.166. The maximum absolute atomic E-state index is 13.6. The largest absolute Gasteiger partial charge is 0.469 e. The lowest BCUT2D eigenvalue weighted by Gasteiger charge is -2.08. The van der Waals surface area contributed by atoms with Crippen molar-refractivity contribution in [3.05, 3.63) is 40.8 Å². The van der Waals surface area contributed by atoms with Crippen molar-refractivity contribution >= 4 is 16.9 Å². The van der Waals surface area contributed by atoms with Gasteiger partial charge in [0.15, 0.2) is 17.5 Å². The lowest BCUT2D eigenvalue weighted by atomic mass is 10.0. The minimum Gasteiger partial charge on any atom is -0.469 e. The number of ether oxygens (including phenoxy) is 1. The third-order valence-corrected chi connectivity index (χ3v) is 2.72. The summed E-state index contributed by atoms with van der Waals surface area (Å²) < 4.78 is 44.6. The minimum atomic E-state index is -1.57. The highest BCUT2D eigenvalue weighted by atomic mass is 19.2. The summed E-state index contributed by atoms with van der Waals surface area (Å²) >= 11 is 0. The Balaban J connectivity index is 2.74. The van der Waals surface area contributed by atoms with Gasteiger partial charge in [0.1, 0.15) is 5.52 Å². The van der Waals surface area contributed by atoms with Crippen LogP contribution in [0.25, 0.3) is 10.9 Å². The number of halogens is 3. The first-order valence-electron chi connectivity index (χ1n) is 5.44. The Kier molecular flexibility index (Phi) is 3.42. The monoisotopic (exact) mass is 269 g/mol. The van der Waals surface area contributed by atoms with E-state index in [9.17, 15) is 18.0 Å². The van der Waals surface area contributed by atoms with Crippen molar-refractivity contribution in [2.45, 2.75) is 13.3 Å². The fourth-order valence-electron chi connectivity index (χ4n) is 1.85. The molecule has 0 aliphatic heterocycles. The first kappa shape index (κ1) is 13.3. The van der Waals surface area contributed by atoms with Crippen molar-refractivity contribution in [3.63, 3.8) is 0 Å². The zero-order valence-electron chi connectivity index (χ0n) is 10.3. The second-order valence-corrected chi connectivity index (χ2v) is 4.06. The van der Waals surface area contributed by atoms with Crippen molar-refractivity contribution in [2.75, 3.05) is 7.11 Å². The smallest absolute Gasteiger partial charge is 0.310 e. The lowest BCUT2D eigenvalue weighted by Crippen LogP contribution is -2.07. The number of hydrogen-bond acceptors (Lipinski definition) is 3. The van der Waals surface area contributed by atoms with Gasteiger partial charge in [0.05, 0.1) is 13.5 Å². The second kappa shape index (κ2) is 4.87. The van der Waals surface area contributed by atoms with E-state index >= 15 is 0 Å². The molecule has 0 aliphatic rings. The highest BCUT2D eigenvalue weighted by molar-refractivity contribution is 5.87. The lowest BCUT2D eigenvalue weighted by molar-refractivity contribution is -0.139. The maximum Gasteiger partial charge on any atom is 0.310 e. The highest BCUT2D eigenvalue weighted by Crippen LogP contribution is 2.25. The van der Waals surface area contributed by atoms with Gasteiger partial charge in [-0.05, 0) is 24.6 Å². The van der Waals surface area contributed by atoms with Crippen LogP contribution in [-0.4, -0.2) is 18.1 Å². The Labute approximate surface area is 107 Å². The molecule has 0 fully saturated rings. The van der Waals surface area contributed by atoms with Crippen LogP contribution >= 0.6 is 0 Å². The normalized spacial score (nSPS) is 10.8. The molecule has 1 aromatic carbocycles. The number of carbonyl (C=O) groups excluding carboxylic acids is 1. The molecule has 3 nitrogen and oxygen atoms in total. The Morgan fingerprint density at radius 2 is 1.95 bits per heavy atom. The number of rotatable bonds is 2. The predicted molar refractivity (Wildman–Crippen MR) is 62.1 cm³/mol. The summed E-state index contributed by atoms with van der Waals surface area (Å²) in [7, 11) is 1.21. The summed E-state index contributed by atoms with van der Waals surface area (Å²) in [5.74, 6) is -4.81. The van der Waals surface area contributed by atoms with Gasteiger partial charge < -0.3 is 4.74 Å². The number of aromatic nitrogens is 1. The molecule has 19 heavy (non-hydrogen) atoms. The molecule has 0 aliphatic carbocycles. The molecule has 0 atom stereocenters. The number of esters is 1. The summed E-state index contributed by atoms with van der Waals surface area (Å²) in [6.45, 7) is 1.57. The molecular weight excluding hydrogens is 259 g/mol. The number of nitrogens with zero attached hydrogens (tertiary/aromatic N) is 1. The van der Waals surface area contributed by atoms with Gasteiger partial charge in [-0.2, -0.15) is 0 Å². The number of carbonyl (C=O) groups is 1. The Morgan fingerprint density at radius 3 is 2.58 bits per heavy atom. The van der Waals surface area contributed by atoms with Crippen LogP contribution in [0.1, 0.15) is 11.3 Å². The van der Waals surface area contributed by atoms with E-state index in [0.717, 1.165) is 6.07 Å². The van der Waals surface area contributed by atoms with Crippen LogP contribution < -0.4 is 0 Å². The standard InChI is InChI=1S/C13H10F3NO2/c1-6-3-7(4-10(18)19-2)8-5-9(14)11(15)12(16)13(8)17-6/h3,5H,4H2,1-2H3. The molecule has 0 bridgehead atoms. The van der Waals surface area contributed by atoms with E-state index in [1.54, 1.807) is 6.92 Å². The molecule has 0 unspecified atom stereocenters. The SMILES string of the molecule is COC(=O)Cc1cc(C)nc2c(F)c(F)c(F)cc12. The van der Waals surface area contributed by atoms with Crippen LogP contribution in [-0.2, 0) is 16.0 Å². The molecular formula is C13H10F3NO2. The van der Waals surface area contributed by atoms with Gasteiger partial charge in [-0.25, -0.2) is 18.2 Å². The van der Waals surface area contributed by atoms with Gasteiger partial charge in [-0.1, -0.05) is 0 Å². The van der Waals surface area contributed by atoms with Crippen molar-refractivity contribution in [1.82, 2.24) is 4.98 Å². The number of methoxy groups -OCH3 is 1. The van der Waals surface area contributed by atoms with Gasteiger partial charge in [0, 0.05) is 11.1 Å². The fourth-order valence-corrected chi connectivity index (χ4v) is 1.85. The van der Waals surface area contributed by atoms with Gasteiger partial charge in [0.2, 0.25) is 0 Å². The Morgan fingerprint density at radius 1 is 1.26 bits per heavy atom. The van der Waals surface area contributed by atoms with E-state index in [0.29, 0.717) is 11.3 Å². The third kappa shape index (κ3) is 2.38. The third-order valence-electron chi connectivity index (χ3n) is 2.72. The van der Waals surface area contributed by atoms with E-state index in [2.05, 4.69) is 9.72 Å². The number of fused-ring (bicyclic) bond motifs is 1. The molecule has 6 heteroatoms. The van der Waals surface area contributed by atoms with Gasteiger partial charge in [-0.15, -0.1) is 0 Å². The van der Waals surface area contributed by atoms with E-state index in [1.165, 1.54) is 13.2 Å². The summed E-state index contributed by atoms with van der Waals surface area (Å²) in [6, 6.07) is 2.34. The van der Waals surface area contributed by atoms with E-state index in [4.69, 9.17) is 0 Å². The Hall–Kier alpha value is -2.11. The highest BCUT2D eigenvalue weighted by Gasteiger charge is 2.18. The summed E-state index contributed by atoms with van der Waals surface area (Å²) in [5.41, 5.74) is 0.446. The molecule has 0 radical (unpaired) electrons. The maximum atomic E-state index is 13.6. The molecule has 0 saturated heterocycles. The first-order chi connectivity index (χ1) is 8.93. The van der Waals surface area contributed by atoms with Gasteiger partial charge >= 0.3 is 5.97 Å². The molecule has 0 saturated carbocycles. The molecule has 0 N–H and O–H groups in total. The van der Waals surface area contributed by atoms with Gasteiger partial charge in [0.25, 0.3) is 0 Å². The number of hydrogen-bond donors (Lipinski definition) is 0. The van der Waals surface area contributed by atoms with Gasteiger partial charge in [-0.3, -0.25) is 4.79 Å². The molecule has 0 spiro atoms. The molecule has 1 heterocycles. The van der Waals surface area contributed by atoms with Crippen molar-refractivity contribution < 1.29 is 22.7 Å². The second-order valence-electron chi connectivity index (χ2n) is 4.06. The fraction of sp³-hybridized carbons (Fsp3) is 0.231. The molecule has 100 valence electrons. The van der Waals surface area contributed by atoms with Crippen LogP contribution in [0, 0.1) is 24.4 Å². The molecule has 1 aromatic heterocycles. The number of aryl methyl sites for hydroxylation is 1. The van der Waals surface area contributed by atoms with Crippen molar-refractivity contribution in [3.8, 4) is 0 Å². The quantitative estimate of drug-likeness (QED) is 0.621. The van der Waals surface area contributed by atoms with Crippen LogP contribution in [0.2, 0.25) is 0 Å². The van der Waals surface area contributed by atoms with Crippen LogP contribution in [0.3, 0.4) is 0 Å². The molecule has 2 aromatic rings. The van der Waals surface area contributed by atoms with Crippen molar-refractivity contribution in [1.29, 1.82) is 0 Å². The molecule has 0 amide bonds. The zero-order valence-corrected chi connectivity index (χ0v) is 10.3. The number of benzene rings is 1. The summed E-state index contributed by atoms with van der Waals surface area (Å²) in [4.78, 5) is 15.1. The summed E-state index contributed by atoms with van der Waals surface area (Å²) in [5, 5.41) is 0.0624. The predicted octanol–water partition coefficient (Wildman–Crippen LogP) is 2.68. The van der Waals surface area contributed by atoms with Crippen LogP contribution in [0.5, 0.6) is 0 Å². The minimum absolute atomic E-state index is 0.0624. The zero-order chi connectivity index (χ0) is 14.2. The van der Waals surface area contributed by atoms with Crippen LogP contribution in [0.4, 0.5) is 13.2 Å². The topological polar surface area (TPSA) is 39.2 Å². The first-order valence-corrected chi connectivity index (χ1v) is 5.44. The number of pyridine rings is 1. The van der Waals surface area contributed by atoms with E-state index in [1.807, 2.05) is 0 Å². The Bertz CT molecular complexity index is 671. The molecule has 2 rings (SSSR count). The van der Waals surface area contributed by atoms with Crippen molar-refractivity contribution in [2.24, 2.45) is 0 Å². The van der Waals surface area contributed by atoms with Crippen LogP contribution in [0.15, 0.2) is 12.1 Å². The van der Waals surface area contributed by atoms with E-state index < -0.39 is 23.4 Å². The average molecular weight is 269 g/mol. The average Bonchev–Trinajstić information content (AvgIpc) is 2.37. The van der Waals surface area contributed by atoms with E-state index in [-0.39, 0.29) is 17.3 Å².